The summed E-state index contributed by atoms with van der Waals surface area (Å²) in [5.41, 5.74) is 1.99. The zero-order chi connectivity index (χ0) is 19.8. The molecule has 2 aromatic carbocycles. The Balaban J connectivity index is 1.83. The SMILES string of the molecule is CC(C)c1ccccc1OC(=O)CCCC(=O)Oc1ccccc1C(C)C. The van der Waals surface area contributed by atoms with Gasteiger partial charge >= 0.3 is 11.9 Å². The standard InChI is InChI=1S/C23H28O4/c1-16(2)18-10-5-7-12-20(18)26-22(24)14-9-15-23(25)27-21-13-8-6-11-19(21)17(3)4/h5-8,10-13,16-17H,9,14-15H2,1-4H3. The lowest BCUT2D eigenvalue weighted by Gasteiger charge is -2.13. The molecule has 0 N–H and O–H groups in total. The zero-order valence-electron chi connectivity index (χ0n) is 16.5. The first kappa shape index (κ1) is 20.7. The topological polar surface area (TPSA) is 52.6 Å². The number of hydrogen-bond acceptors (Lipinski definition) is 4. The Morgan fingerprint density at radius 2 is 1.07 bits per heavy atom. The Kier molecular flexibility index (Phi) is 7.59. The molecule has 0 aliphatic rings. The van der Waals surface area contributed by atoms with E-state index in [2.05, 4.69) is 27.7 Å². The van der Waals surface area contributed by atoms with Gasteiger partial charge in [-0.3, -0.25) is 9.59 Å². The summed E-state index contributed by atoms with van der Waals surface area (Å²) in [5, 5.41) is 0. The van der Waals surface area contributed by atoms with Crippen molar-refractivity contribution in [1.82, 2.24) is 0 Å². The molecule has 0 saturated heterocycles. The van der Waals surface area contributed by atoms with Gasteiger partial charge in [-0.05, 0) is 41.5 Å². The molecular weight excluding hydrogens is 340 g/mol. The van der Waals surface area contributed by atoms with E-state index >= 15 is 0 Å². The van der Waals surface area contributed by atoms with Crippen molar-refractivity contribution in [2.45, 2.75) is 58.8 Å². The summed E-state index contributed by atoms with van der Waals surface area (Å²) < 4.78 is 10.9. The lowest BCUT2D eigenvalue weighted by atomic mass is 10.0. The maximum Gasteiger partial charge on any atom is 0.311 e. The van der Waals surface area contributed by atoms with Gasteiger partial charge in [-0.2, -0.15) is 0 Å². The van der Waals surface area contributed by atoms with Gasteiger partial charge in [0.1, 0.15) is 11.5 Å². The molecule has 0 aromatic heterocycles. The van der Waals surface area contributed by atoms with Crippen molar-refractivity contribution in [2.75, 3.05) is 0 Å². The predicted molar refractivity (Wildman–Crippen MR) is 106 cm³/mol. The molecule has 0 bridgehead atoms. The third-order valence-electron chi connectivity index (χ3n) is 4.29. The summed E-state index contributed by atoms with van der Waals surface area (Å²) >= 11 is 0. The first-order chi connectivity index (χ1) is 12.9. The van der Waals surface area contributed by atoms with Crippen molar-refractivity contribution in [3.05, 3.63) is 59.7 Å². The molecule has 2 rings (SSSR count). The van der Waals surface area contributed by atoms with Crippen LogP contribution in [0.2, 0.25) is 0 Å². The van der Waals surface area contributed by atoms with E-state index in [0.717, 1.165) is 11.1 Å². The van der Waals surface area contributed by atoms with Crippen LogP contribution in [0.5, 0.6) is 11.5 Å². The van der Waals surface area contributed by atoms with Crippen molar-refractivity contribution >= 4 is 11.9 Å². The normalized spacial score (nSPS) is 10.9. The molecular formula is C23H28O4. The lowest BCUT2D eigenvalue weighted by Crippen LogP contribution is -2.13. The zero-order valence-corrected chi connectivity index (χ0v) is 16.5. The van der Waals surface area contributed by atoms with Crippen molar-refractivity contribution in [3.63, 3.8) is 0 Å². The van der Waals surface area contributed by atoms with E-state index in [4.69, 9.17) is 9.47 Å². The summed E-state index contributed by atoms with van der Waals surface area (Å²) in [5.74, 6) is 1.05. The fraction of sp³-hybridized carbons (Fsp3) is 0.391. The summed E-state index contributed by atoms with van der Waals surface area (Å²) in [4.78, 5) is 24.2. The predicted octanol–water partition coefficient (Wildman–Crippen LogP) is 5.61. The second kappa shape index (κ2) is 9.91. The number of ether oxygens (including phenoxy) is 2. The van der Waals surface area contributed by atoms with Gasteiger partial charge in [0, 0.05) is 12.8 Å². The highest BCUT2D eigenvalue weighted by atomic mass is 16.5. The molecule has 0 atom stereocenters. The van der Waals surface area contributed by atoms with Crippen molar-refractivity contribution < 1.29 is 19.1 Å². The number of para-hydroxylation sites is 2. The number of carbonyl (C=O) groups excluding carboxylic acids is 2. The Morgan fingerprint density at radius 1 is 0.704 bits per heavy atom. The average Bonchev–Trinajstić information content (AvgIpc) is 2.62. The van der Waals surface area contributed by atoms with E-state index in [9.17, 15) is 9.59 Å². The summed E-state index contributed by atoms with van der Waals surface area (Å²) in [6.45, 7) is 8.21. The van der Waals surface area contributed by atoms with Gasteiger partial charge in [0.25, 0.3) is 0 Å². The van der Waals surface area contributed by atoms with Crippen molar-refractivity contribution in [2.24, 2.45) is 0 Å². The molecule has 4 heteroatoms. The number of hydrogen-bond donors (Lipinski definition) is 0. The van der Waals surface area contributed by atoms with Crippen molar-refractivity contribution in [1.29, 1.82) is 0 Å². The Labute approximate surface area is 161 Å². The molecule has 4 nitrogen and oxygen atoms in total. The maximum absolute atomic E-state index is 12.1. The first-order valence-corrected chi connectivity index (χ1v) is 9.47. The molecule has 0 unspecified atom stereocenters. The number of rotatable bonds is 8. The van der Waals surface area contributed by atoms with E-state index in [0.29, 0.717) is 17.9 Å². The summed E-state index contributed by atoms with van der Waals surface area (Å²) in [6, 6.07) is 15.0. The second-order valence-corrected chi connectivity index (χ2v) is 7.19. The quantitative estimate of drug-likeness (QED) is 0.448. The van der Waals surface area contributed by atoms with Gasteiger partial charge in [0.2, 0.25) is 0 Å². The lowest BCUT2D eigenvalue weighted by molar-refractivity contribution is -0.136. The maximum atomic E-state index is 12.1. The van der Waals surface area contributed by atoms with Crippen LogP contribution in [0, 0.1) is 0 Å². The molecule has 27 heavy (non-hydrogen) atoms. The second-order valence-electron chi connectivity index (χ2n) is 7.19. The Bertz CT molecular complexity index is 712. The third-order valence-corrected chi connectivity index (χ3v) is 4.29. The van der Waals surface area contributed by atoms with Gasteiger partial charge < -0.3 is 9.47 Å². The van der Waals surface area contributed by atoms with Crippen LogP contribution in [0.1, 0.15) is 69.9 Å². The molecule has 144 valence electrons. The number of benzene rings is 2. The van der Waals surface area contributed by atoms with E-state index < -0.39 is 0 Å². The van der Waals surface area contributed by atoms with Crippen LogP contribution < -0.4 is 9.47 Å². The minimum Gasteiger partial charge on any atom is -0.426 e. The van der Waals surface area contributed by atoms with E-state index in [-0.39, 0.29) is 36.6 Å². The van der Waals surface area contributed by atoms with E-state index in [1.165, 1.54) is 0 Å². The summed E-state index contributed by atoms with van der Waals surface area (Å²) in [7, 11) is 0. The fourth-order valence-corrected chi connectivity index (χ4v) is 2.83. The molecule has 0 spiro atoms. The van der Waals surface area contributed by atoms with Crippen LogP contribution in [0.3, 0.4) is 0 Å². The van der Waals surface area contributed by atoms with Crippen LogP contribution in [-0.2, 0) is 9.59 Å². The van der Waals surface area contributed by atoms with Crippen molar-refractivity contribution in [3.8, 4) is 11.5 Å². The molecule has 0 amide bonds. The van der Waals surface area contributed by atoms with E-state index in [1.807, 2.05) is 36.4 Å². The fourth-order valence-electron chi connectivity index (χ4n) is 2.83. The number of esters is 2. The molecule has 0 heterocycles. The van der Waals surface area contributed by atoms with Crippen LogP contribution in [0.4, 0.5) is 0 Å². The first-order valence-electron chi connectivity index (χ1n) is 9.47. The van der Waals surface area contributed by atoms with Gasteiger partial charge in [-0.25, -0.2) is 0 Å². The molecule has 0 saturated carbocycles. The molecule has 0 fully saturated rings. The van der Waals surface area contributed by atoms with Crippen LogP contribution in [0.15, 0.2) is 48.5 Å². The Hall–Kier alpha value is -2.62. The minimum absolute atomic E-state index is 0.174. The monoisotopic (exact) mass is 368 g/mol. The average molecular weight is 368 g/mol. The van der Waals surface area contributed by atoms with Gasteiger partial charge in [-0.15, -0.1) is 0 Å². The largest absolute Gasteiger partial charge is 0.426 e. The highest BCUT2D eigenvalue weighted by Crippen LogP contribution is 2.27. The number of carbonyl (C=O) groups is 2. The van der Waals surface area contributed by atoms with Gasteiger partial charge in [-0.1, -0.05) is 64.1 Å². The molecule has 0 aliphatic heterocycles. The van der Waals surface area contributed by atoms with Gasteiger partial charge in [0.15, 0.2) is 0 Å². The van der Waals surface area contributed by atoms with E-state index in [1.54, 1.807) is 12.1 Å². The highest BCUT2D eigenvalue weighted by Gasteiger charge is 2.14. The smallest absolute Gasteiger partial charge is 0.311 e. The Morgan fingerprint density at radius 3 is 1.44 bits per heavy atom. The van der Waals surface area contributed by atoms with Crippen LogP contribution >= 0.6 is 0 Å². The van der Waals surface area contributed by atoms with Crippen LogP contribution in [-0.4, -0.2) is 11.9 Å². The molecule has 0 aliphatic carbocycles. The third kappa shape index (κ3) is 6.24. The minimum atomic E-state index is -0.335. The highest BCUT2D eigenvalue weighted by molar-refractivity contribution is 5.75. The van der Waals surface area contributed by atoms with Gasteiger partial charge in [0.05, 0.1) is 0 Å². The molecule has 0 radical (unpaired) electrons. The molecule has 2 aromatic rings. The van der Waals surface area contributed by atoms with Crippen LogP contribution in [0.25, 0.3) is 0 Å². The summed E-state index contributed by atoms with van der Waals surface area (Å²) in [6.07, 6.45) is 0.742.